The van der Waals surface area contributed by atoms with Gasteiger partial charge in [-0.25, -0.2) is 4.39 Å². The van der Waals surface area contributed by atoms with Crippen LogP contribution in [-0.4, -0.2) is 34.3 Å². The number of aromatic hydroxyl groups is 1. The number of phenols is 1. The Morgan fingerprint density at radius 3 is 2.75 bits per heavy atom. The molecule has 1 N–H and O–H groups in total. The summed E-state index contributed by atoms with van der Waals surface area (Å²) in [5.74, 6) is -1.57. The van der Waals surface area contributed by atoms with E-state index in [0.29, 0.717) is 6.54 Å². The minimum absolute atomic E-state index is 0.107. The number of rotatable bonds is 3. The van der Waals surface area contributed by atoms with E-state index in [2.05, 4.69) is 15.9 Å². The molecule has 1 unspecified atom stereocenters. The number of hydrogen-bond acceptors (Lipinski definition) is 2. The monoisotopic (exact) mass is 289 g/mol. The highest BCUT2D eigenvalue weighted by atomic mass is 79.9. The van der Waals surface area contributed by atoms with E-state index >= 15 is 0 Å². The fourth-order valence-corrected chi connectivity index (χ4v) is 1.81. The second-order valence-electron chi connectivity index (χ2n) is 3.60. The van der Waals surface area contributed by atoms with Crippen LogP contribution in [0.1, 0.15) is 17.3 Å². The molecule has 0 radical (unpaired) electrons. The standard InChI is InChI=1S/C11H13BrFNO2/c1-7(12)6-14(2)11(16)10-8(13)4-3-5-9(10)15/h3-5,7,15H,6H2,1-2H3. The zero-order chi connectivity index (χ0) is 12.3. The number of hydrogen-bond donors (Lipinski definition) is 1. The molecule has 1 amide bonds. The SMILES string of the molecule is CC(Br)CN(C)C(=O)c1c(O)cccc1F. The van der Waals surface area contributed by atoms with Gasteiger partial charge in [-0.3, -0.25) is 4.79 Å². The lowest BCUT2D eigenvalue weighted by atomic mass is 10.1. The molecule has 88 valence electrons. The smallest absolute Gasteiger partial charge is 0.260 e. The van der Waals surface area contributed by atoms with Crippen molar-refractivity contribution >= 4 is 21.8 Å². The number of carbonyl (C=O) groups is 1. The first-order valence-corrected chi connectivity index (χ1v) is 5.72. The van der Waals surface area contributed by atoms with Crippen LogP contribution in [0, 0.1) is 5.82 Å². The lowest BCUT2D eigenvalue weighted by molar-refractivity contribution is 0.0789. The summed E-state index contributed by atoms with van der Waals surface area (Å²) in [6.07, 6.45) is 0. The molecule has 1 aromatic carbocycles. The van der Waals surface area contributed by atoms with Gasteiger partial charge >= 0.3 is 0 Å². The Morgan fingerprint density at radius 1 is 1.62 bits per heavy atom. The van der Waals surface area contributed by atoms with Crippen LogP contribution in [0.2, 0.25) is 0 Å². The maximum absolute atomic E-state index is 13.4. The molecule has 1 atom stereocenters. The highest BCUT2D eigenvalue weighted by Gasteiger charge is 2.20. The minimum Gasteiger partial charge on any atom is -0.507 e. The van der Waals surface area contributed by atoms with Crippen LogP contribution in [0.4, 0.5) is 4.39 Å². The van der Waals surface area contributed by atoms with E-state index in [-0.39, 0.29) is 16.1 Å². The average Bonchev–Trinajstić information content (AvgIpc) is 2.16. The third-order valence-electron chi connectivity index (χ3n) is 2.08. The summed E-state index contributed by atoms with van der Waals surface area (Å²) < 4.78 is 13.4. The average molecular weight is 290 g/mol. The molecule has 1 aromatic rings. The molecule has 0 saturated carbocycles. The van der Waals surface area contributed by atoms with E-state index in [0.717, 1.165) is 6.07 Å². The normalized spacial score (nSPS) is 12.2. The second-order valence-corrected chi connectivity index (χ2v) is 5.16. The number of nitrogens with zero attached hydrogens (tertiary/aromatic N) is 1. The minimum atomic E-state index is -0.709. The van der Waals surface area contributed by atoms with E-state index in [1.807, 2.05) is 6.92 Å². The third-order valence-corrected chi connectivity index (χ3v) is 2.37. The van der Waals surface area contributed by atoms with E-state index in [1.165, 1.54) is 17.0 Å². The highest BCUT2D eigenvalue weighted by molar-refractivity contribution is 9.09. The first kappa shape index (κ1) is 13.0. The number of amides is 1. The Hall–Kier alpha value is -1.10. The van der Waals surface area contributed by atoms with E-state index in [4.69, 9.17) is 0 Å². The van der Waals surface area contributed by atoms with Gasteiger partial charge in [0.05, 0.1) is 0 Å². The molecule has 3 nitrogen and oxygen atoms in total. The Labute approximate surface area is 102 Å². The van der Waals surface area contributed by atoms with Gasteiger partial charge in [0.2, 0.25) is 0 Å². The van der Waals surface area contributed by atoms with Crippen molar-refractivity contribution < 1.29 is 14.3 Å². The van der Waals surface area contributed by atoms with Crippen molar-refractivity contribution in [3.63, 3.8) is 0 Å². The molecule has 0 aliphatic rings. The predicted octanol–water partition coefficient (Wildman–Crippen LogP) is 2.39. The van der Waals surface area contributed by atoms with Crippen LogP contribution in [0.15, 0.2) is 18.2 Å². The van der Waals surface area contributed by atoms with Crippen molar-refractivity contribution in [1.82, 2.24) is 4.90 Å². The van der Waals surface area contributed by atoms with Crippen LogP contribution in [0.5, 0.6) is 5.75 Å². The summed E-state index contributed by atoms with van der Waals surface area (Å²) in [6, 6.07) is 3.80. The Bertz CT molecular complexity index is 375. The maximum Gasteiger partial charge on any atom is 0.260 e. The molecule has 5 heteroatoms. The molecule has 0 aliphatic carbocycles. The third kappa shape index (κ3) is 2.95. The predicted molar refractivity (Wildman–Crippen MR) is 63.4 cm³/mol. The number of halogens is 2. The molecule has 0 aromatic heterocycles. The zero-order valence-corrected chi connectivity index (χ0v) is 10.7. The van der Waals surface area contributed by atoms with Crippen molar-refractivity contribution in [2.45, 2.75) is 11.8 Å². The Morgan fingerprint density at radius 2 is 2.25 bits per heavy atom. The Balaban J connectivity index is 2.96. The lowest BCUT2D eigenvalue weighted by Crippen LogP contribution is -2.31. The van der Waals surface area contributed by atoms with Gasteiger partial charge in [0.15, 0.2) is 0 Å². The fourth-order valence-electron chi connectivity index (χ4n) is 1.38. The molecule has 0 heterocycles. The number of benzene rings is 1. The second kappa shape index (κ2) is 5.30. The number of alkyl halides is 1. The zero-order valence-electron chi connectivity index (χ0n) is 9.08. The molecule has 0 fully saturated rings. The van der Waals surface area contributed by atoms with Crippen molar-refractivity contribution in [3.8, 4) is 5.75 Å². The van der Waals surface area contributed by atoms with Gasteiger partial charge in [0.1, 0.15) is 17.1 Å². The van der Waals surface area contributed by atoms with Gasteiger partial charge < -0.3 is 10.0 Å². The fraction of sp³-hybridized carbons (Fsp3) is 0.364. The van der Waals surface area contributed by atoms with Gasteiger partial charge in [-0.2, -0.15) is 0 Å². The number of carbonyl (C=O) groups excluding carboxylic acids is 1. The van der Waals surface area contributed by atoms with Gasteiger partial charge in [0.25, 0.3) is 5.91 Å². The molecule has 1 rings (SSSR count). The highest BCUT2D eigenvalue weighted by Crippen LogP contribution is 2.21. The van der Waals surface area contributed by atoms with E-state index in [9.17, 15) is 14.3 Å². The summed E-state index contributed by atoms with van der Waals surface area (Å²) in [4.78, 5) is 13.3. The lowest BCUT2D eigenvalue weighted by Gasteiger charge is -2.19. The van der Waals surface area contributed by atoms with Crippen molar-refractivity contribution in [1.29, 1.82) is 0 Å². The van der Waals surface area contributed by atoms with Crippen LogP contribution in [-0.2, 0) is 0 Å². The van der Waals surface area contributed by atoms with Crippen LogP contribution in [0.3, 0.4) is 0 Å². The molecule has 0 saturated heterocycles. The van der Waals surface area contributed by atoms with Crippen molar-refractivity contribution in [2.75, 3.05) is 13.6 Å². The van der Waals surface area contributed by atoms with Crippen LogP contribution in [0.25, 0.3) is 0 Å². The summed E-state index contributed by atoms with van der Waals surface area (Å²) in [5.41, 5.74) is -0.279. The van der Waals surface area contributed by atoms with Crippen LogP contribution >= 0.6 is 15.9 Å². The molecule has 16 heavy (non-hydrogen) atoms. The summed E-state index contributed by atoms with van der Waals surface area (Å²) in [5, 5.41) is 9.45. The summed E-state index contributed by atoms with van der Waals surface area (Å²) in [6.45, 7) is 2.32. The van der Waals surface area contributed by atoms with Crippen LogP contribution < -0.4 is 0 Å². The Kier molecular flexibility index (Phi) is 4.29. The maximum atomic E-state index is 13.4. The largest absolute Gasteiger partial charge is 0.507 e. The number of phenolic OH excluding ortho intramolecular Hbond substituents is 1. The van der Waals surface area contributed by atoms with Crippen molar-refractivity contribution in [3.05, 3.63) is 29.6 Å². The molecular formula is C11H13BrFNO2. The van der Waals surface area contributed by atoms with Gasteiger partial charge in [-0.15, -0.1) is 0 Å². The first-order chi connectivity index (χ1) is 7.43. The molecule has 0 bridgehead atoms. The molecule has 0 aliphatic heterocycles. The molecular weight excluding hydrogens is 277 g/mol. The van der Waals surface area contributed by atoms with E-state index in [1.54, 1.807) is 7.05 Å². The van der Waals surface area contributed by atoms with Gasteiger partial charge in [-0.05, 0) is 12.1 Å². The van der Waals surface area contributed by atoms with Crippen molar-refractivity contribution in [2.24, 2.45) is 0 Å². The topological polar surface area (TPSA) is 40.5 Å². The first-order valence-electron chi connectivity index (χ1n) is 4.80. The quantitative estimate of drug-likeness (QED) is 0.868. The summed E-state index contributed by atoms with van der Waals surface area (Å²) >= 11 is 3.30. The van der Waals surface area contributed by atoms with Gasteiger partial charge in [0, 0.05) is 18.4 Å². The van der Waals surface area contributed by atoms with E-state index < -0.39 is 11.7 Å². The van der Waals surface area contributed by atoms with Gasteiger partial charge in [-0.1, -0.05) is 28.9 Å². The molecule has 0 spiro atoms. The summed E-state index contributed by atoms with van der Waals surface area (Å²) in [7, 11) is 1.56.